The van der Waals surface area contributed by atoms with E-state index in [-0.39, 0.29) is 6.10 Å². The van der Waals surface area contributed by atoms with Crippen LogP contribution >= 0.6 is 0 Å². The van der Waals surface area contributed by atoms with Crippen molar-refractivity contribution in [1.29, 1.82) is 0 Å². The molecule has 1 heterocycles. The number of benzene rings is 1. The highest BCUT2D eigenvalue weighted by atomic mass is 16.3. The second kappa shape index (κ2) is 5.26. The van der Waals surface area contributed by atoms with E-state index in [2.05, 4.69) is 36.9 Å². The molecule has 0 aromatic heterocycles. The first-order valence-corrected chi connectivity index (χ1v) is 7.61. The monoisotopic (exact) mass is 259 g/mol. The summed E-state index contributed by atoms with van der Waals surface area (Å²) >= 11 is 0. The predicted octanol–water partition coefficient (Wildman–Crippen LogP) is 3.07. The van der Waals surface area contributed by atoms with Gasteiger partial charge in [-0.25, -0.2) is 0 Å². The van der Waals surface area contributed by atoms with E-state index in [1.54, 1.807) is 0 Å². The maximum Gasteiger partial charge on any atom is 0.0919 e. The molecule has 2 nitrogen and oxygen atoms in total. The number of nitrogens with zero attached hydrogens (tertiary/aromatic N) is 1. The minimum atomic E-state index is -0.334. The van der Waals surface area contributed by atoms with Gasteiger partial charge in [-0.2, -0.15) is 0 Å². The Labute approximate surface area is 116 Å². The molecule has 19 heavy (non-hydrogen) atoms. The van der Waals surface area contributed by atoms with Crippen molar-refractivity contribution >= 4 is 0 Å². The molecule has 2 aliphatic rings. The molecule has 2 fully saturated rings. The molecule has 3 rings (SSSR count). The topological polar surface area (TPSA) is 23.5 Å². The third-order valence-corrected chi connectivity index (χ3v) is 5.02. The molecule has 0 spiro atoms. The van der Waals surface area contributed by atoms with Crippen LogP contribution in [0.2, 0.25) is 0 Å². The van der Waals surface area contributed by atoms with Gasteiger partial charge in [-0.15, -0.1) is 0 Å². The smallest absolute Gasteiger partial charge is 0.0919 e. The van der Waals surface area contributed by atoms with Crippen molar-refractivity contribution in [2.45, 2.75) is 39.2 Å². The quantitative estimate of drug-likeness (QED) is 0.902. The van der Waals surface area contributed by atoms with Gasteiger partial charge in [-0.05, 0) is 49.7 Å². The molecule has 3 atom stereocenters. The van der Waals surface area contributed by atoms with Crippen LogP contribution in [-0.4, -0.2) is 29.6 Å². The highest BCUT2D eigenvalue weighted by molar-refractivity contribution is 5.32. The summed E-state index contributed by atoms with van der Waals surface area (Å²) in [6, 6.07) is 6.35. The molecule has 0 radical (unpaired) electrons. The minimum Gasteiger partial charge on any atom is -0.387 e. The lowest BCUT2D eigenvalue weighted by Gasteiger charge is -2.22. The Hall–Kier alpha value is -0.860. The molecule has 1 N–H and O–H groups in total. The minimum absolute atomic E-state index is 0.334. The molecule has 2 heteroatoms. The Morgan fingerprint density at radius 1 is 1.21 bits per heavy atom. The number of fused-ring (bicyclic) bond motifs is 1. The Kier molecular flexibility index (Phi) is 3.64. The van der Waals surface area contributed by atoms with Crippen molar-refractivity contribution in [3.63, 3.8) is 0 Å². The van der Waals surface area contributed by atoms with Gasteiger partial charge >= 0.3 is 0 Å². The molecule has 1 aliphatic carbocycles. The normalized spacial score (nSPS) is 28.6. The number of aliphatic hydroxyl groups excluding tert-OH is 1. The second-order valence-electron chi connectivity index (χ2n) is 6.55. The molecule has 3 unspecified atom stereocenters. The highest BCUT2D eigenvalue weighted by Crippen LogP contribution is 2.38. The molecule has 1 saturated heterocycles. The van der Waals surface area contributed by atoms with Crippen molar-refractivity contribution < 1.29 is 5.11 Å². The van der Waals surface area contributed by atoms with Crippen LogP contribution in [0.5, 0.6) is 0 Å². The highest BCUT2D eigenvalue weighted by Gasteiger charge is 2.36. The van der Waals surface area contributed by atoms with Crippen LogP contribution in [0, 0.1) is 25.7 Å². The zero-order chi connectivity index (χ0) is 13.4. The molecule has 1 aromatic carbocycles. The summed E-state index contributed by atoms with van der Waals surface area (Å²) in [6.45, 7) is 7.41. The van der Waals surface area contributed by atoms with Crippen molar-refractivity contribution in [2.75, 3.05) is 19.6 Å². The number of aryl methyl sites for hydroxylation is 2. The van der Waals surface area contributed by atoms with Gasteiger partial charge < -0.3 is 5.11 Å². The zero-order valence-electron chi connectivity index (χ0n) is 12.1. The van der Waals surface area contributed by atoms with Gasteiger partial charge in [0, 0.05) is 19.6 Å². The third-order valence-electron chi connectivity index (χ3n) is 5.02. The lowest BCUT2D eigenvalue weighted by molar-refractivity contribution is 0.121. The molecular formula is C17H25NO. The molecule has 0 bridgehead atoms. The first kappa shape index (κ1) is 13.1. The van der Waals surface area contributed by atoms with Crippen LogP contribution in [-0.2, 0) is 0 Å². The zero-order valence-corrected chi connectivity index (χ0v) is 12.1. The van der Waals surface area contributed by atoms with Gasteiger partial charge in [0.25, 0.3) is 0 Å². The number of likely N-dealkylation sites (tertiary alicyclic amines) is 1. The molecule has 1 aromatic rings. The van der Waals surface area contributed by atoms with Gasteiger partial charge in [0.2, 0.25) is 0 Å². The van der Waals surface area contributed by atoms with E-state index in [1.165, 1.54) is 43.5 Å². The number of aliphatic hydroxyl groups is 1. The van der Waals surface area contributed by atoms with Gasteiger partial charge in [0.1, 0.15) is 0 Å². The lowest BCUT2D eigenvalue weighted by atomic mass is 10.0. The van der Waals surface area contributed by atoms with Crippen molar-refractivity contribution in [2.24, 2.45) is 11.8 Å². The van der Waals surface area contributed by atoms with E-state index < -0.39 is 0 Å². The van der Waals surface area contributed by atoms with E-state index in [0.29, 0.717) is 0 Å². The average Bonchev–Trinajstić information content (AvgIpc) is 2.89. The van der Waals surface area contributed by atoms with Crippen LogP contribution in [0.25, 0.3) is 0 Å². The maximum absolute atomic E-state index is 10.5. The summed E-state index contributed by atoms with van der Waals surface area (Å²) in [5, 5.41) is 10.5. The van der Waals surface area contributed by atoms with Gasteiger partial charge in [-0.3, -0.25) is 4.90 Å². The van der Waals surface area contributed by atoms with Gasteiger partial charge in [0.15, 0.2) is 0 Å². The van der Waals surface area contributed by atoms with E-state index in [9.17, 15) is 5.11 Å². The Morgan fingerprint density at radius 2 is 1.89 bits per heavy atom. The van der Waals surface area contributed by atoms with E-state index in [1.807, 2.05) is 0 Å². The van der Waals surface area contributed by atoms with Crippen molar-refractivity contribution in [3.8, 4) is 0 Å². The van der Waals surface area contributed by atoms with E-state index >= 15 is 0 Å². The van der Waals surface area contributed by atoms with Crippen LogP contribution in [0.1, 0.15) is 42.1 Å². The summed E-state index contributed by atoms with van der Waals surface area (Å²) in [4.78, 5) is 2.47. The Morgan fingerprint density at radius 3 is 2.53 bits per heavy atom. The molecule has 1 saturated carbocycles. The SMILES string of the molecule is Cc1ccc(C(O)CN2CC3CCCC3C2)c(C)c1. The van der Waals surface area contributed by atoms with Crippen LogP contribution in [0.3, 0.4) is 0 Å². The fraction of sp³-hybridized carbons (Fsp3) is 0.647. The summed E-state index contributed by atoms with van der Waals surface area (Å²) in [6.07, 6.45) is 3.89. The van der Waals surface area contributed by atoms with Crippen molar-refractivity contribution in [3.05, 3.63) is 34.9 Å². The fourth-order valence-electron chi connectivity index (χ4n) is 4.02. The Bertz CT molecular complexity index is 445. The third kappa shape index (κ3) is 2.70. The van der Waals surface area contributed by atoms with Crippen LogP contribution in [0.4, 0.5) is 0 Å². The molecule has 1 aliphatic heterocycles. The van der Waals surface area contributed by atoms with Crippen LogP contribution in [0.15, 0.2) is 18.2 Å². The molecule has 104 valence electrons. The standard InChI is InChI=1S/C17H25NO/c1-12-6-7-16(13(2)8-12)17(19)11-18-9-14-4-3-5-15(14)10-18/h6-8,14-15,17,19H,3-5,9-11H2,1-2H3. The number of rotatable bonds is 3. The Balaban J connectivity index is 1.63. The average molecular weight is 259 g/mol. The molecular weight excluding hydrogens is 234 g/mol. The van der Waals surface area contributed by atoms with E-state index in [0.717, 1.165) is 23.9 Å². The lowest BCUT2D eigenvalue weighted by Crippen LogP contribution is -2.27. The maximum atomic E-state index is 10.5. The largest absolute Gasteiger partial charge is 0.387 e. The number of β-amino-alcohol motifs (C(OH)–C–C–N with tert-alkyl or cyclic N) is 1. The summed E-state index contributed by atoms with van der Waals surface area (Å²) < 4.78 is 0. The summed E-state index contributed by atoms with van der Waals surface area (Å²) in [5.74, 6) is 1.82. The molecule has 0 amide bonds. The summed E-state index contributed by atoms with van der Waals surface area (Å²) in [7, 11) is 0. The van der Waals surface area contributed by atoms with Crippen LogP contribution < -0.4 is 0 Å². The number of hydrogen-bond acceptors (Lipinski definition) is 2. The fourth-order valence-corrected chi connectivity index (χ4v) is 4.02. The van der Waals surface area contributed by atoms with Gasteiger partial charge in [0.05, 0.1) is 6.10 Å². The predicted molar refractivity (Wildman–Crippen MR) is 78.1 cm³/mol. The first-order valence-electron chi connectivity index (χ1n) is 7.61. The first-order chi connectivity index (χ1) is 9.13. The second-order valence-corrected chi connectivity index (χ2v) is 6.55. The van der Waals surface area contributed by atoms with Gasteiger partial charge in [-0.1, -0.05) is 30.2 Å². The summed E-state index contributed by atoms with van der Waals surface area (Å²) in [5.41, 5.74) is 3.58. The van der Waals surface area contributed by atoms with Crippen molar-refractivity contribution in [1.82, 2.24) is 4.90 Å². The van der Waals surface area contributed by atoms with E-state index in [4.69, 9.17) is 0 Å². The number of hydrogen-bond donors (Lipinski definition) is 1.